The molecule has 2 nitrogen and oxygen atoms in total. The van der Waals surface area contributed by atoms with E-state index in [1.165, 1.54) is 71.0 Å². The van der Waals surface area contributed by atoms with Gasteiger partial charge in [-0.1, -0.05) is 45.4 Å². The fourth-order valence-corrected chi connectivity index (χ4v) is 2.85. The van der Waals surface area contributed by atoms with Gasteiger partial charge in [0, 0.05) is 6.92 Å². The molecule has 0 bridgehead atoms. The van der Waals surface area contributed by atoms with Gasteiger partial charge in [-0.15, -0.1) is 0 Å². The summed E-state index contributed by atoms with van der Waals surface area (Å²) in [5.41, 5.74) is 0. The van der Waals surface area contributed by atoms with Crippen LogP contribution < -0.4 is 17.3 Å². The van der Waals surface area contributed by atoms with Crippen molar-refractivity contribution < 1.29 is 17.3 Å². The van der Waals surface area contributed by atoms with Gasteiger partial charge in [0.1, 0.15) is 6.17 Å². The van der Waals surface area contributed by atoms with Crippen molar-refractivity contribution in [3.05, 3.63) is 0 Å². The van der Waals surface area contributed by atoms with E-state index in [-0.39, 0.29) is 12.4 Å². The SMILES string of the molecule is CCCCCCCCCC[NH+]1CCN(C)C1C.[Cl-]. The summed E-state index contributed by atoms with van der Waals surface area (Å²) in [7, 11) is 2.26. The lowest BCUT2D eigenvalue weighted by molar-refractivity contribution is -0.916. The Hall–Kier alpha value is 0.210. The molecule has 1 saturated heterocycles. The second-order valence-electron chi connectivity index (χ2n) is 5.79. The van der Waals surface area contributed by atoms with Crippen LogP contribution in [0.2, 0.25) is 0 Å². The van der Waals surface area contributed by atoms with Crippen molar-refractivity contribution in [3.8, 4) is 0 Å². The summed E-state index contributed by atoms with van der Waals surface area (Å²) in [6, 6.07) is 0. The van der Waals surface area contributed by atoms with Crippen LogP contribution in [0.4, 0.5) is 0 Å². The van der Waals surface area contributed by atoms with Gasteiger partial charge in [-0.2, -0.15) is 0 Å². The molecule has 0 aromatic rings. The van der Waals surface area contributed by atoms with Gasteiger partial charge in [-0.3, -0.25) is 4.90 Å². The van der Waals surface area contributed by atoms with Crippen molar-refractivity contribution >= 4 is 0 Å². The molecule has 2 unspecified atom stereocenters. The maximum Gasteiger partial charge on any atom is 0.140 e. The molecular formula is C15H33ClN2. The van der Waals surface area contributed by atoms with Crippen LogP contribution in [-0.4, -0.2) is 37.7 Å². The number of rotatable bonds is 9. The largest absolute Gasteiger partial charge is 1.00 e. The number of nitrogens with zero attached hydrogens (tertiary/aromatic N) is 1. The average molecular weight is 277 g/mol. The van der Waals surface area contributed by atoms with E-state index in [9.17, 15) is 0 Å². The molecule has 1 heterocycles. The van der Waals surface area contributed by atoms with E-state index in [1.54, 1.807) is 4.90 Å². The van der Waals surface area contributed by atoms with Crippen LogP contribution in [-0.2, 0) is 0 Å². The summed E-state index contributed by atoms with van der Waals surface area (Å²) in [4.78, 5) is 4.29. The predicted molar refractivity (Wildman–Crippen MR) is 75.4 cm³/mol. The van der Waals surface area contributed by atoms with Gasteiger partial charge in [0.2, 0.25) is 0 Å². The summed E-state index contributed by atoms with van der Waals surface area (Å²) in [5, 5.41) is 0. The Morgan fingerprint density at radius 1 is 1.00 bits per heavy atom. The van der Waals surface area contributed by atoms with E-state index in [4.69, 9.17) is 0 Å². The number of likely N-dealkylation sites (N-methyl/N-ethyl adjacent to an activating group) is 1. The molecule has 1 N–H and O–H groups in total. The number of hydrogen-bond acceptors (Lipinski definition) is 1. The first kappa shape index (κ1) is 18.2. The van der Waals surface area contributed by atoms with Gasteiger partial charge in [0.25, 0.3) is 0 Å². The molecule has 0 amide bonds. The molecule has 0 aromatic carbocycles. The molecule has 1 fully saturated rings. The Morgan fingerprint density at radius 3 is 2.06 bits per heavy atom. The number of nitrogens with one attached hydrogen (secondary N) is 1. The van der Waals surface area contributed by atoms with E-state index in [1.807, 2.05) is 0 Å². The number of unbranched alkanes of at least 4 members (excludes halogenated alkanes) is 7. The summed E-state index contributed by atoms with van der Waals surface area (Å²) >= 11 is 0. The van der Waals surface area contributed by atoms with Crippen LogP contribution in [0.5, 0.6) is 0 Å². The Labute approximate surface area is 121 Å². The lowest BCUT2D eigenvalue weighted by atomic mass is 10.1. The maximum atomic E-state index is 2.49. The Balaban J connectivity index is 0.00000289. The highest BCUT2D eigenvalue weighted by Crippen LogP contribution is 2.07. The molecule has 1 aliphatic rings. The summed E-state index contributed by atoms with van der Waals surface area (Å²) < 4.78 is 0. The highest BCUT2D eigenvalue weighted by Gasteiger charge is 2.28. The van der Waals surface area contributed by atoms with Gasteiger partial charge in [-0.25, -0.2) is 0 Å². The smallest absolute Gasteiger partial charge is 0.140 e. The highest BCUT2D eigenvalue weighted by atomic mass is 35.5. The van der Waals surface area contributed by atoms with Gasteiger partial charge in [0.15, 0.2) is 0 Å². The molecule has 0 saturated carbocycles. The minimum absolute atomic E-state index is 0. The first-order chi connectivity index (χ1) is 8.25. The van der Waals surface area contributed by atoms with Crippen LogP contribution in [0.3, 0.4) is 0 Å². The van der Waals surface area contributed by atoms with Crippen molar-refractivity contribution in [1.82, 2.24) is 4.90 Å². The van der Waals surface area contributed by atoms with Crippen LogP contribution in [0, 0.1) is 0 Å². The fraction of sp³-hybridized carbons (Fsp3) is 1.00. The highest BCUT2D eigenvalue weighted by molar-refractivity contribution is 4.58. The lowest BCUT2D eigenvalue weighted by Crippen LogP contribution is -3.14. The summed E-state index contributed by atoms with van der Waals surface area (Å²) in [6.45, 7) is 8.69. The minimum atomic E-state index is 0. The molecule has 110 valence electrons. The first-order valence-corrected chi connectivity index (χ1v) is 7.80. The maximum absolute atomic E-state index is 2.49. The normalized spacial score (nSPS) is 24.2. The third-order valence-corrected chi connectivity index (χ3v) is 4.39. The van der Waals surface area contributed by atoms with Gasteiger partial charge in [0.05, 0.1) is 19.6 Å². The molecule has 2 atom stereocenters. The van der Waals surface area contributed by atoms with Gasteiger partial charge < -0.3 is 17.3 Å². The Bertz CT molecular complexity index is 187. The third-order valence-electron chi connectivity index (χ3n) is 4.39. The fourth-order valence-electron chi connectivity index (χ4n) is 2.85. The molecule has 1 rings (SSSR count). The van der Waals surface area contributed by atoms with E-state index in [2.05, 4.69) is 25.8 Å². The first-order valence-electron chi connectivity index (χ1n) is 7.80. The van der Waals surface area contributed by atoms with E-state index in [0.717, 1.165) is 6.17 Å². The number of hydrogen-bond donors (Lipinski definition) is 1. The minimum Gasteiger partial charge on any atom is -1.00 e. The molecular weight excluding hydrogens is 244 g/mol. The molecule has 18 heavy (non-hydrogen) atoms. The zero-order chi connectivity index (χ0) is 12.5. The quantitative estimate of drug-likeness (QED) is 0.548. The predicted octanol–water partition coefficient (Wildman–Crippen LogP) is -0.693. The van der Waals surface area contributed by atoms with Crippen molar-refractivity contribution in [1.29, 1.82) is 0 Å². The van der Waals surface area contributed by atoms with Gasteiger partial charge >= 0.3 is 0 Å². The Kier molecular flexibility index (Phi) is 11.2. The van der Waals surface area contributed by atoms with Crippen molar-refractivity contribution in [3.63, 3.8) is 0 Å². The Morgan fingerprint density at radius 2 is 1.56 bits per heavy atom. The molecule has 0 aliphatic carbocycles. The summed E-state index contributed by atoms with van der Waals surface area (Å²) in [5.74, 6) is 0. The second kappa shape index (κ2) is 11.1. The summed E-state index contributed by atoms with van der Waals surface area (Å²) in [6.07, 6.45) is 12.3. The topological polar surface area (TPSA) is 7.68 Å². The third kappa shape index (κ3) is 6.96. The van der Waals surface area contributed by atoms with E-state index < -0.39 is 0 Å². The number of halogens is 1. The van der Waals surface area contributed by atoms with E-state index in [0.29, 0.717) is 0 Å². The lowest BCUT2D eigenvalue weighted by Gasteiger charge is -2.20. The van der Waals surface area contributed by atoms with Gasteiger partial charge in [-0.05, 0) is 19.9 Å². The monoisotopic (exact) mass is 276 g/mol. The van der Waals surface area contributed by atoms with Crippen molar-refractivity contribution in [2.75, 3.05) is 26.7 Å². The van der Waals surface area contributed by atoms with Crippen LogP contribution in [0.1, 0.15) is 65.2 Å². The van der Waals surface area contributed by atoms with Crippen LogP contribution >= 0.6 is 0 Å². The molecule has 1 aliphatic heterocycles. The molecule has 0 spiro atoms. The van der Waals surface area contributed by atoms with Crippen LogP contribution in [0.25, 0.3) is 0 Å². The standard InChI is InChI=1S/C15H32N2.ClH/c1-4-5-6-7-8-9-10-11-12-17-14-13-16(3)15(17)2;/h15H,4-14H2,1-3H3;1H. The van der Waals surface area contributed by atoms with E-state index >= 15 is 0 Å². The molecule has 0 aromatic heterocycles. The number of quaternary nitrogens is 1. The average Bonchev–Trinajstić information content (AvgIpc) is 2.64. The zero-order valence-corrected chi connectivity index (χ0v) is 13.4. The molecule has 0 radical (unpaired) electrons. The zero-order valence-electron chi connectivity index (χ0n) is 12.7. The van der Waals surface area contributed by atoms with Crippen molar-refractivity contribution in [2.45, 2.75) is 71.4 Å². The van der Waals surface area contributed by atoms with Crippen LogP contribution in [0.15, 0.2) is 0 Å². The molecule has 3 heteroatoms. The van der Waals surface area contributed by atoms with Crippen molar-refractivity contribution in [2.24, 2.45) is 0 Å². The second-order valence-corrected chi connectivity index (χ2v) is 5.79.